The predicted molar refractivity (Wildman–Crippen MR) is 95.7 cm³/mol. The van der Waals surface area contributed by atoms with E-state index in [-0.39, 0.29) is 42.1 Å². The van der Waals surface area contributed by atoms with E-state index in [9.17, 15) is 14.4 Å². The Balaban J connectivity index is 1.38. The van der Waals surface area contributed by atoms with Crippen LogP contribution < -0.4 is 4.74 Å². The zero-order valence-corrected chi connectivity index (χ0v) is 14.9. The maximum Gasteiger partial charge on any atom is 0.344 e. The average molecular weight is 368 g/mol. The van der Waals surface area contributed by atoms with Crippen LogP contribution in [0.25, 0.3) is 0 Å². The van der Waals surface area contributed by atoms with Gasteiger partial charge in [-0.1, -0.05) is 12.2 Å². The number of esters is 1. The SMILES string of the molecule is CCOC(=O)COc1ccc(/C=N/N2C(=O)C3C4C=CC(C4)C3C2=O)cc1. The van der Waals surface area contributed by atoms with E-state index in [0.717, 1.165) is 17.0 Å². The molecule has 0 N–H and O–H groups in total. The van der Waals surface area contributed by atoms with Crippen molar-refractivity contribution in [3.8, 4) is 5.75 Å². The van der Waals surface area contributed by atoms with E-state index < -0.39 is 5.97 Å². The molecule has 7 nitrogen and oxygen atoms in total. The van der Waals surface area contributed by atoms with Gasteiger partial charge < -0.3 is 9.47 Å². The van der Waals surface area contributed by atoms with E-state index in [0.29, 0.717) is 12.4 Å². The van der Waals surface area contributed by atoms with Crippen LogP contribution in [0.15, 0.2) is 41.5 Å². The molecule has 2 bridgehead atoms. The number of benzene rings is 1. The molecule has 4 unspecified atom stereocenters. The van der Waals surface area contributed by atoms with Crippen LogP contribution in [0, 0.1) is 23.7 Å². The van der Waals surface area contributed by atoms with Gasteiger partial charge in [0.05, 0.1) is 24.7 Å². The Bertz CT molecular complexity index is 799. The molecule has 1 saturated carbocycles. The first-order chi connectivity index (χ1) is 13.1. The standard InChI is InChI=1S/C20H20N2O5/c1-2-26-16(23)11-27-15-7-3-12(4-8-15)10-21-22-19(24)17-13-5-6-14(9-13)18(17)20(22)25/h3-8,10,13-14,17-18H,2,9,11H2,1H3/b21-10+. The zero-order valence-electron chi connectivity index (χ0n) is 14.9. The summed E-state index contributed by atoms with van der Waals surface area (Å²) >= 11 is 0. The Morgan fingerprint density at radius 3 is 2.37 bits per heavy atom. The van der Waals surface area contributed by atoms with Crippen LogP contribution in [-0.4, -0.2) is 42.2 Å². The highest BCUT2D eigenvalue weighted by molar-refractivity contribution is 6.06. The molecule has 2 aliphatic carbocycles. The van der Waals surface area contributed by atoms with E-state index in [1.54, 1.807) is 31.2 Å². The summed E-state index contributed by atoms with van der Waals surface area (Å²) in [5.74, 6) is -0.458. The third-order valence-electron chi connectivity index (χ3n) is 5.31. The van der Waals surface area contributed by atoms with Crippen LogP contribution in [0.4, 0.5) is 0 Å². The van der Waals surface area contributed by atoms with Gasteiger partial charge in [0.1, 0.15) is 5.75 Å². The third-order valence-corrected chi connectivity index (χ3v) is 5.31. The van der Waals surface area contributed by atoms with Gasteiger partial charge in [0, 0.05) is 0 Å². The van der Waals surface area contributed by atoms with Crippen molar-refractivity contribution in [2.24, 2.45) is 28.8 Å². The summed E-state index contributed by atoms with van der Waals surface area (Å²) < 4.78 is 10.1. The molecule has 1 aromatic carbocycles. The lowest BCUT2D eigenvalue weighted by molar-refractivity contribution is -0.145. The molecule has 1 aliphatic heterocycles. The Labute approximate surface area is 156 Å². The minimum atomic E-state index is -0.428. The molecule has 0 radical (unpaired) electrons. The fourth-order valence-corrected chi connectivity index (χ4v) is 4.12. The van der Waals surface area contributed by atoms with Crippen molar-refractivity contribution in [3.05, 3.63) is 42.0 Å². The number of hydrogen-bond donors (Lipinski definition) is 0. The summed E-state index contributed by atoms with van der Waals surface area (Å²) in [6, 6.07) is 6.85. The number of fused-ring (bicyclic) bond motifs is 5. The number of imide groups is 1. The van der Waals surface area contributed by atoms with Crippen molar-refractivity contribution in [2.75, 3.05) is 13.2 Å². The van der Waals surface area contributed by atoms with E-state index in [2.05, 4.69) is 17.3 Å². The van der Waals surface area contributed by atoms with Crippen LogP contribution in [0.3, 0.4) is 0 Å². The maximum atomic E-state index is 12.6. The molecule has 140 valence electrons. The van der Waals surface area contributed by atoms with Crippen molar-refractivity contribution in [1.29, 1.82) is 0 Å². The number of allylic oxidation sites excluding steroid dienone is 2. The predicted octanol–water partition coefficient (Wildman–Crippen LogP) is 1.77. The number of rotatable bonds is 6. The highest BCUT2D eigenvalue weighted by Gasteiger charge is 2.59. The molecular formula is C20H20N2O5. The lowest BCUT2D eigenvalue weighted by Gasteiger charge is -2.13. The van der Waals surface area contributed by atoms with Crippen molar-refractivity contribution < 1.29 is 23.9 Å². The van der Waals surface area contributed by atoms with Crippen molar-refractivity contribution in [2.45, 2.75) is 13.3 Å². The monoisotopic (exact) mass is 368 g/mol. The number of amides is 2. The summed E-state index contributed by atoms with van der Waals surface area (Å²) in [6.07, 6.45) is 6.50. The largest absolute Gasteiger partial charge is 0.482 e. The van der Waals surface area contributed by atoms with Gasteiger partial charge in [-0.25, -0.2) is 4.79 Å². The molecule has 2 fully saturated rings. The Hall–Kier alpha value is -2.96. The second-order valence-corrected chi connectivity index (χ2v) is 6.90. The molecule has 27 heavy (non-hydrogen) atoms. The molecule has 3 aliphatic rings. The first kappa shape index (κ1) is 17.5. The van der Waals surface area contributed by atoms with Gasteiger partial charge in [-0.2, -0.15) is 10.1 Å². The highest BCUT2D eigenvalue weighted by Crippen LogP contribution is 2.52. The Morgan fingerprint density at radius 2 is 1.78 bits per heavy atom. The molecule has 4 atom stereocenters. The van der Waals surface area contributed by atoms with Gasteiger partial charge in [0.15, 0.2) is 6.61 Å². The van der Waals surface area contributed by atoms with Crippen molar-refractivity contribution >= 4 is 24.0 Å². The fourth-order valence-electron chi connectivity index (χ4n) is 4.12. The maximum absolute atomic E-state index is 12.6. The van der Waals surface area contributed by atoms with Gasteiger partial charge in [-0.05, 0) is 55.0 Å². The van der Waals surface area contributed by atoms with Crippen LogP contribution in [0.2, 0.25) is 0 Å². The molecule has 0 aromatic heterocycles. The molecule has 7 heteroatoms. The van der Waals surface area contributed by atoms with Crippen LogP contribution in [0.5, 0.6) is 5.75 Å². The third kappa shape index (κ3) is 3.13. The number of hydrogen-bond acceptors (Lipinski definition) is 6. The molecule has 1 saturated heterocycles. The van der Waals surface area contributed by atoms with Gasteiger partial charge in [0.25, 0.3) is 11.8 Å². The summed E-state index contributed by atoms with van der Waals surface area (Å²) in [6.45, 7) is 1.89. The van der Waals surface area contributed by atoms with E-state index in [1.165, 1.54) is 6.21 Å². The van der Waals surface area contributed by atoms with Gasteiger partial charge in [-0.15, -0.1) is 0 Å². The zero-order chi connectivity index (χ0) is 19.0. The van der Waals surface area contributed by atoms with Gasteiger partial charge in [-0.3, -0.25) is 9.59 Å². The number of carbonyl (C=O) groups excluding carboxylic acids is 3. The highest BCUT2D eigenvalue weighted by atomic mass is 16.6. The fraction of sp³-hybridized carbons (Fsp3) is 0.400. The van der Waals surface area contributed by atoms with Gasteiger partial charge in [0.2, 0.25) is 0 Å². The lowest BCUT2D eigenvalue weighted by atomic mass is 9.85. The van der Waals surface area contributed by atoms with Crippen LogP contribution in [-0.2, 0) is 19.1 Å². The summed E-state index contributed by atoms with van der Waals surface area (Å²) in [5, 5.41) is 5.15. The summed E-state index contributed by atoms with van der Waals surface area (Å²) in [5.41, 5.74) is 0.720. The number of carbonyl (C=O) groups is 3. The van der Waals surface area contributed by atoms with Crippen LogP contribution >= 0.6 is 0 Å². The number of ether oxygens (including phenoxy) is 2. The van der Waals surface area contributed by atoms with Crippen LogP contribution in [0.1, 0.15) is 18.9 Å². The minimum Gasteiger partial charge on any atom is -0.482 e. The lowest BCUT2D eigenvalue weighted by Crippen LogP contribution is -2.28. The summed E-state index contributed by atoms with van der Waals surface area (Å²) in [7, 11) is 0. The topological polar surface area (TPSA) is 85.3 Å². The van der Waals surface area contributed by atoms with Crippen molar-refractivity contribution in [1.82, 2.24) is 5.01 Å². The Kier molecular flexibility index (Phi) is 4.51. The van der Waals surface area contributed by atoms with Crippen molar-refractivity contribution in [3.63, 3.8) is 0 Å². The molecule has 1 heterocycles. The molecule has 0 spiro atoms. The molecule has 4 rings (SSSR count). The number of nitrogens with zero attached hydrogens (tertiary/aromatic N) is 2. The Morgan fingerprint density at radius 1 is 1.15 bits per heavy atom. The first-order valence-electron chi connectivity index (χ1n) is 9.07. The van der Waals surface area contributed by atoms with Gasteiger partial charge >= 0.3 is 5.97 Å². The first-order valence-corrected chi connectivity index (χ1v) is 9.07. The molecule has 1 aromatic rings. The quantitative estimate of drug-likeness (QED) is 0.331. The minimum absolute atomic E-state index is 0.156. The molecular weight excluding hydrogens is 348 g/mol. The molecule has 2 amide bonds. The average Bonchev–Trinajstić information content (AvgIpc) is 3.34. The van der Waals surface area contributed by atoms with E-state index >= 15 is 0 Å². The number of hydrazone groups is 1. The second-order valence-electron chi connectivity index (χ2n) is 6.90. The summed E-state index contributed by atoms with van der Waals surface area (Å²) in [4.78, 5) is 36.4. The smallest absolute Gasteiger partial charge is 0.344 e. The van der Waals surface area contributed by atoms with E-state index in [4.69, 9.17) is 9.47 Å². The normalized spacial score (nSPS) is 28.3. The second kappa shape index (κ2) is 6.98. The van der Waals surface area contributed by atoms with E-state index in [1.807, 2.05) is 0 Å².